The maximum atomic E-state index is 5.48. The average Bonchev–Trinajstić information content (AvgIpc) is 3.61. The first kappa shape index (κ1) is 27.1. The van der Waals surface area contributed by atoms with Gasteiger partial charge in [-0.25, -0.2) is 9.97 Å². The molecule has 0 saturated heterocycles. The van der Waals surface area contributed by atoms with Crippen LogP contribution in [0.3, 0.4) is 0 Å². The van der Waals surface area contributed by atoms with E-state index in [4.69, 9.17) is 9.97 Å². The average molecular weight is 614 g/mol. The number of para-hydroxylation sites is 3. The monoisotopic (exact) mass is 613 g/mol. The summed E-state index contributed by atoms with van der Waals surface area (Å²) in [6.07, 6.45) is 0. The van der Waals surface area contributed by atoms with Crippen LogP contribution < -0.4 is 0 Å². The second-order valence-electron chi connectivity index (χ2n) is 13.4. The van der Waals surface area contributed by atoms with Crippen LogP contribution in [0.1, 0.15) is 25.0 Å². The highest BCUT2D eigenvalue weighted by Crippen LogP contribution is 2.56. The highest BCUT2D eigenvalue weighted by atomic mass is 15.1. The third kappa shape index (κ3) is 3.70. The van der Waals surface area contributed by atoms with E-state index >= 15 is 0 Å². The fourth-order valence-corrected chi connectivity index (χ4v) is 8.20. The summed E-state index contributed by atoms with van der Waals surface area (Å²) in [4.78, 5) is 10.8. The lowest BCUT2D eigenvalue weighted by Gasteiger charge is -2.24. The minimum absolute atomic E-state index is 0.234. The molecular weight excluding hydrogens is 583 g/mol. The zero-order valence-electron chi connectivity index (χ0n) is 26.8. The SMILES string of the molecule is CC1(C)c2ccccc2-c2c1c1c(c3ccccc23)c2ccccc2n1-c1nc2ccccc2nc1-c1ccc(-c2ccccc2)cc1. The van der Waals surface area contributed by atoms with Gasteiger partial charge in [0.2, 0.25) is 0 Å². The Labute approximate surface area is 278 Å². The second kappa shape index (κ2) is 9.97. The van der Waals surface area contributed by atoms with Crippen LogP contribution in [-0.4, -0.2) is 14.5 Å². The molecule has 10 rings (SSSR count). The Morgan fingerprint density at radius 3 is 1.88 bits per heavy atom. The molecule has 1 aliphatic rings. The largest absolute Gasteiger partial charge is 0.292 e. The Morgan fingerprint density at radius 1 is 0.500 bits per heavy atom. The van der Waals surface area contributed by atoms with E-state index in [2.05, 4.69) is 158 Å². The van der Waals surface area contributed by atoms with E-state index in [0.717, 1.165) is 33.6 Å². The minimum atomic E-state index is -0.234. The normalized spacial score (nSPS) is 13.4. The van der Waals surface area contributed by atoms with E-state index in [1.807, 2.05) is 12.1 Å². The summed E-state index contributed by atoms with van der Waals surface area (Å²) >= 11 is 0. The molecule has 0 spiro atoms. The summed E-state index contributed by atoms with van der Waals surface area (Å²) in [6, 6.07) is 54.2. The minimum Gasteiger partial charge on any atom is -0.292 e. The van der Waals surface area contributed by atoms with Crippen LogP contribution in [0.4, 0.5) is 0 Å². The second-order valence-corrected chi connectivity index (χ2v) is 13.4. The fourth-order valence-electron chi connectivity index (χ4n) is 8.20. The molecular formula is C45H31N3. The predicted molar refractivity (Wildman–Crippen MR) is 200 cm³/mol. The highest BCUT2D eigenvalue weighted by molar-refractivity contribution is 6.27. The van der Waals surface area contributed by atoms with Gasteiger partial charge in [0.1, 0.15) is 5.69 Å². The lowest BCUT2D eigenvalue weighted by atomic mass is 9.80. The number of rotatable bonds is 3. The number of hydrogen-bond acceptors (Lipinski definition) is 2. The summed E-state index contributed by atoms with van der Waals surface area (Å²) in [5.41, 5.74) is 13.5. The van der Waals surface area contributed by atoms with Crippen LogP contribution >= 0.6 is 0 Å². The van der Waals surface area contributed by atoms with Gasteiger partial charge in [-0.15, -0.1) is 0 Å². The van der Waals surface area contributed by atoms with Crippen molar-refractivity contribution in [2.75, 3.05) is 0 Å². The lowest BCUT2D eigenvalue weighted by Crippen LogP contribution is -2.17. The molecule has 48 heavy (non-hydrogen) atoms. The van der Waals surface area contributed by atoms with Crippen LogP contribution in [0.15, 0.2) is 152 Å². The third-order valence-corrected chi connectivity index (χ3v) is 10.4. The van der Waals surface area contributed by atoms with E-state index in [1.165, 1.54) is 60.4 Å². The number of benzene rings is 7. The molecule has 3 heteroatoms. The molecule has 2 aromatic heterocycles. The summed E-state index contributed by atoms with van der Waals surface area (Å²) in [5.74, 6) is 0.844. The Hall–Kier alpha value is -6.06. The van der Waals surface area contributed by atoms with Crippen LogP contribution in [-0.2, 0) is 5.41 Å². The first-order chi connectivity index (χ1) is 23.6. The standard InChI is InChI=1S/C45H31N3/c1-45(2)35-20-10-8-18-33(35)39-31-16-6-7-17-32(31)40-34-19-9-13-23-38(34)48(43(40)41(39)45)44-42(46-36-21-11-12-22-37(36)47-44)30-26-24-29(25-27-30)28-14-4-3-5-15-28/h3-27H,1-2H3. The Bertz CT molecular complexity index is 2730. The predicted octanol–water partition coefficient (Wildman–Crippen LogP) is 11.5. The molecule has 0 radical (unpaired) electrons. The summed E-state index contributed by atoms with van der Waals surface area (Å²) in [6.45, 7) is 4.76. The van der Waals surface area contributed by atoms with Crippen molar-refractivity contribution in [3.8, 4) is 39.3 Å². The molecule has 9 aromatic rings. The number of nitrogens with zero attached hydrogens (tertiary/aromatic N) is 3. The van der Waals surface area contributed by atoms with E-state index in [9.17, 15) is 0 Å². The van der Waals surface area contributed by atoms with Crippen LogP contribution in [0.2, 0.25) is 0 Å². The van der Waals surface area contributed by atoms with Gasteiger partial charge < -0.3 is 0 Å². The van der Waals surface area contributed by atoms with Gasteiger partial charge in [-0.1, -0.05) is 147 Å². The van der Waals surface area contributed by atoms with E-state index in [1.54, 1.807) is 0 Å². The van der Waals surface area contributed by atoms with Crippen molar-refractivity contribution in [3.05, 3.63) is 163 Å². The Balaban J connectivity index is 1.37. The van der Waals surface area contributed by atoms with E-state index in [0.29, 0.717) is 0 Å². The zero-order valence-corrected chi connectivity index (χ0v) is 26.8. The molecule has 2 heterocycles. The van der Waals surface area contributed by atoms with Crippen molar-refractivity contribution < 1.29 is 0 Å². The quantitative estimate of drug-likeness (QED) is 0.198. The molecule has 3 nitrogen and oxygen atoms in total. The molecule has 1 aliphatic carbocycles. The Kier molecular flexibility index (Phi) is 5.63. The van der Waals surface area contributed by atoms with E-state index in [-0.39, 0.29) is 5.41 Å². The van der Waals surface area contributed by atoms with Crippen molar-refractivity contribution in [1.82, 2.24) is 14.5 Å². The summed E-state index contributed by atoms with van der Waals surface area (Å²) in [5, 5.41) is 5.04. The topological polar surface area (TPSA) is 30.7 Å². The molecule has 0 atom stereocenters. The molecule has 0 bridgehead atoms. The summed E-state index contributed by atoms with van der Waals surface area (Å²) < 4.78 is 2.42. The van der Waals surface area contributed by atoms with E-state index < -0.39 is 0 Å². The fraction of sp³-hybridized carbons (Fsp3) is 0.0667. The smallest absolute Gasteiger partial charge is 0.165 e. The van der Waals surface area contributed by atoms with Crippen molar-refractivity contribution in [1.29, 1.82) is 0 Å². The van der Waals surface area contributed by atoms with Crippen LogP contribution in [0.5, 0.6) is 0 Å². The first-order valence-electron chi connectivity index (χ1n) is 16.6. The van der Waals surface area contributed by atoms with Gasteiger partial charge in [0.25, 0.3) is 0 Å². The number of hydrogen-bond donors (Lipinski definition) is 0. The molecule has 0 aliphatic heterocycles. The first-order valence-corrected chi connectivity index (χ1v) is 16.6. The molecule has 0 unspecified atom stereocenters. The molecule has 0 amide bonds. The van der Waals surface area contributed by atoms with Crippen LogP contribution in [0, 0.1) is 0 Å². The van der Waals surface area contributed by atoms with Gasteiger partial charge in [0.15, 0.2) is 5.82 Å². The van der Waals surface area contributed by atoms with Crippen molar-refractivity contribution in [2.45, 2.75) is 19.3 Å². The van der Waals surface area contributed by atoms with Crippen LogP contribution in [0.25, 0.3) is 82.9 Å². The molecule has 0 saturated carbocycles. The van der Waals surface area contributed by atoms with Gasteiger partial charge in [-0.3, -0.25) is 4.57 Å². The molecule has 0 fully saturated rings. The third-order valence-electron chi connectivity index (χ3n) is 10.4. The van der Waals surface area contributed by atoms with Gasteiger partial charge >= 0.3 is 0 Å². The summed E-state index contributed by atoms with van der Waals surface area (Å²) in [7, 11) is 0. The lowest BCUT2D eigenvalue weighted by molar-refractivity contribution is 0.664. The number of fused-ring (bicyclic) bond motifs is 11. The van der Waals surface area contributed by atoms with Crippen molar-refractivity contribution >= 4 is 43.6 Å². The van der Waals surface area contributed by atoms with Crippen molar-refractivity contribution in [3.63, 3.8) is 0 Å². The maximum Gasteiger partial charge on any atom is 0.165 e. The highest BCUT2D eigenvalue weighted by Gasteiger charge is 2.40. The zero-order chi connectivity index (χ0) is 32.0. The Morgan fingerprint density at radius 2 is 1.08 bits per heavy atom. The van der Waals surface area contributed by atoms with Gasteiger partial charge in [0, 0.05) is 21.8 Å². The molecule has 7 aromatic carbocycles. The van der Waals surface area contributed by atoms with Crippen molar-refractivity contribution in [2.24, 2.45) is 0 Å². The maximum absolute atomic E-state index is 5.48. The number of aromatic nitrogens is 3. The van der Waals surface area contributed by atoms with Gasteiger partial charge in [0.05, 0.1) is 22.1 Å². The van der Waals surface area contributed by atoms with Gasteiger partial charge in [-0.05, 0) is 62.4 Å². The molecule has 0 N–H and O–H groups in total. The van der Waals surface area contributed by atoms with Gasteiger partial charge in [-0.2, -0.15) is 0 Å². The molecule has 226 valence electrons.